The van der Waals surface area contributed by atoms with Gasteiger partial charge in [0.2, 0.25) is 0 Å². The zero-order valence-corrected chi connectivity index (χ0v) is 19.4. The summed E-state index contributed by atoms with van der Waals surface area (Å²) < 4.78 is 47.5. The molecule has 0 atom stereocenters. The number of rotatable bonds is 7. The lowest BCUT2D eigenvalue weighted by Crippen LogP contribution is -2.16. The van der Waals surface area contributed by atoms with E-state index in [1.807, 2.05) is 12.1 Å². The number of carboxylic acid groups (broad SMARTS) is 1. The highest BCUT2D eigenvalue weighted by Crippen LogP contribution is 2.44. The third-order valence-corrected chi connectivity index (χ3v) is 8.52. The second kappa shape index (κ2) is 8.36. The number of carboxylic acids is 1. The molecule has 2 aromatic heterocycles. The minimum absolute atomic E-state index is 0.0450. The fraction of sp³-hybridized carbons (Fsp3) is 0.130. The molecule has 0 radical (unpaired) electrons. The fourth-order valence-electron chi connectivity index (χ4n) is 3.65. The summed E-state index contributed by atoms with van der Waals surface area (Å²) in [6, 6.07) is 14.2. The Hall–Kier alpha value is -3.08. The van der Waals surface area contributed by atoms with Gasteiger partial charge in [0.25, 0.3) is 10.0 Å². The van der Waals surface area contributed by atoms with Gasteiger partial charge < -0.3 is 5.11 Å². The van der Waals surface area contributed by atoms with Crippen LogP contribution in [-0.2, 0) is 10.0 Å². The molecule has 1 aliphatic rings. The van der Waals surface area contributed by atoms with Gasteiger partial charge in [-0.1, -0.05) is 18.2 Å². The van der Waals surface area contributed by atoms with Gasteiger partial charge in [0.1, 0.15) is 0 Å². The molecule has 2 aromatic carbocycles. The number of aromatic nitrogens is 1. The summed E-state index contributed by atoms with van der Waals surface area (Å²) in [7, 11) is -4.13. The summed E-state index contributed by atoms with van der Waals surface area (Å²) in [5.41, 5.74) is 2.08. The summed E-state index contributed by atoms with van der Waals surface area (Å²) in [5.74, 6) is -1.11. The molecule has 5 rings (SSSR count). The molecule has 0 amide bonds. The van der Waals surface area contributed by atoms with Crippen molar-refractivity contribution >= 4 is 44.5 Å². The van der Waals surface area contributed by atoms with Crippen LogP contribution in [0.25, 0.3) is 20.9 Å². The second-order valence-corrected chi connectivity index (χ2v) is 11.2. The lowest BCUT2D eigenvalue weighted by molar-refractivity contribution is 0.0696. The fourth-order valence-corrected chi connectivity index (χ4v) is 6.41. The third-order valence-electron chi connectivity index (χ3n) is 5.39. The van der Waals surface area contributed by atoms with Crippen molar-refractivity contribution in [3.05, 3.63) is 77.1 Å². The van der Waals surface area contributed by atoms with Gasteiger partial charge in [0.15, 0.2) is 5.13 Å². The molecule has 6 nitrogen and oxygen atoms in total. The van der Waals surface area contributed by atoms with Crippen LogP contribution in [0.4, 0.5) is 10.1 Å². The van der Waals surface area contributed by atoms with Crippen LogP contribution in [0.5, 0.6) is 0 Å². The van der Waals surface area contributed by atoms with E-state index in [-0.39, 0.29) is 27.2 Å². The highest BCUT2D eigenvalue weighted by atomic mass is 32.2. The first kappa shape index (κ1) is 21.7. The Bertz CT molecular complexity index is 1460. The molecule has 4 aromatic rings. The van der Waals surface area contributed by atoms with E-state index in [4.69, 9.17) is 0 Å². The normalized spacial score (nSPS) is 13.7. The quantitative estimate of drug-likeness (QED) is 0.322. The topological polar surface area (TPSA) is 96.4 Å². The summed E-state index contributed by atoms with van der Waals surface area (Å²) in [4.78, 5) is 12.9. The Balaban J connectivity index is 1.62. The smallest absolute Gasteiger partial charge is 0.335 e. The standard InChI is InChI=1S/C23H17FN2O4S3/c24-22-8-7-20(31-22)17-6-3-14(19-9-10-25-32-19)11-18(17)26-33(29,30)21-12-15(23(27)28)4-5-16(21)13-1-2-13/h3-13,26H,1-2H2,(H,27,28). The number of aromatic carboxylic acids is 1. The summed E-state index contributed by atoms with van der Waals surface area (Å²) in [5, 5.41) is 9.01. The number of nitrogens with one attached hydrogen (secondary N) is 1. The van der Waals surface area contributed by atoms with Crippen molar-refractivity contribution in [2.75, 3.05) is 4.72 Å². The van der Waals surface area contributed by atoms with Gasteiger partial charge in [0.05, 0.1) is 21.0 Å². The van der Waals surface area contributed by atoms with Gasteiger partial charge in [-0.2, -0.15) is 4.39 Å². The van der Waals surface area contributed by atoms with Gasteiger partial charge in [-0.25, -0.2) is 17.6 Å². The van der Waals surface area contributed by atoms with Crippen LogP contribution < -0.4 is 4.72 Å². The predicted octanol–water partition coefficient (Wildman–Crippen LogP) is 6.05. The van der Waals surface area contributed by atoms with Crippen molar-refractivity contribution in [3.63, 3.8) is 0 Å². The molecule has 2 heterocycles. The maximum atomic E-state index is 13.7. The summed E-state index contributed by atoms with van der Waals surface area (Å²) in [6.45, 7) is 0. The molecule has 0 aliphatic heterocycles. The molecule has 1 fully saturated rings. The lowest BCUT2D eigenvalue weighted by atomic mass is 10.1. The van der Waals surface area contributed by atoms with Crippen LogP contribution in [0, 0.1) is 5.13 Å². The molecule has 10 heteroatoms. The highest BCUT2D eigenvalue weighted by Gasteiger charge is 2.31. The molecular formula is C23H17FN2O4S3. The molecule has 0 spiro atoms. The van der Waals surface area contributed by atoms with Crippen LogP contribution in [-0.4, -0.2) is 23.9 Å². The third kappa shape index (κ3) is 4.41. The number of carbonyl (C=O) groups is 1. The average molecular weight is 501 g/mol. The number of hydrogen-bond donors (Lipinski definition) is 2. The number of nitrogens with zero attached hydrogens (tertiary/aromatic N) is 1. The minimum atomic E-state index is -4.13. The molecule has 1 saturated carbocycles. The van der Waals surface area contributed by atoms with Crippen LogP contribution in [0.15, 0.2) is 65.7 Å². The number of thiophene rings is 1. The number of benzene rings is 2. The monoisotopic (exact) mass is 500 g/mol. The second-order valence-electron chi connectivity index (χ2n) is 7.68. The number of halogens is 1. The highest BCUT2D eigenvalue weighted by molar-refractivity contribution is 7.92. The largest absolute Gasteiger partial charge is 0.478 e. The maximum Gasteiger partial charge on any atom is 0.335 e. The first-order valence-corrected chi connectivity index (χ1v) is 13.1. The van der Waals surface area contributed by atoms with Gasteiger partial charge in [-0.3, -0.25) is 4.72 Å². The van der Waals surface area contributed by atoms with Gasteiger partial charge >= 0.3 is 5.97 Å². The van der Waals surface area contributed by atoms with E-state index < -0.39 is 16.0 Å². The van der Waals surface area contributed by atoms with Crippen LogP contribution >= 0.6 is 22.9 Å². The van der Waals surface area contributed by atoms with Crippen molar-refractivity contribution in [1.82, 2.24) is 4.37 Å². The van der Waals surface area contributed by atoms with Gasteiger partial charge in [-0.05, 0) is 77.8 Å². The molecule has 0 unspecified atom stereocenters. The molecular weight excluding hydrogens is 483 g/mol. The summed E-state index contributed by atoms with van der Waals surface area (Å²) in [6.07, 6.45) is 3.37. The lowest BCUT2D eigenvalue weighted by Gasteiger charge is -2.16. The molecule has 0 saturated heterocycles. The Kier molecular flexibility index (Phi) is 5.51. The molecule has 2 N–H and O–H groups in total. The van der Waals surface area contributed by atoms with Gasteiger partial charge in [-0.15, -0.1) is 11.3 Å². The minimum Gasteiger partial charge on any atom is -0.478 e. The SMILES string of the molecule is O=C(O)c1ccc(C2CC2)c(S(=O)(=O)Nc2cc(-c3ccns3)ccc2-c2ccc(F)s2)c1. The Labute approximate surface area is 197 Å². The van der Waals surface area contributed by atoms with Crippen molar-refractivity contribution in [2.24, 2.45) is 0 Å². The Morgan fingerprint density at radius 1 is 1.06 bits per heavy atom. The number of sulfonamides is 1. The first-order chi connectivity index (χ1) is 15.8. The number of anilines is 1. The van der Waals surface area contributed by atoms with E-state index in [0.717, 1.165) is 34.6 Å². The maximum absolute atomic E-state index is 13.7. The van der Waals surface area contributed by atoms with Crippen LogP contribution in [0.1, 0.15) is 34.7 Å². The van der Waals surface area contributed by atoms with Crippen LogP contribution in [0.3, 0.4) is 0 Å². The molecule has 0 bridgehead atoms. The van der Waals surface area contributed by atoms with E-state index in [9.17, 15) is 22.7 Å². The van der Waals surface area contributed by atoms with E-state index in [1.165, 1.54) is 29.7 Å². The first-order valence-electron chi connectivity index (χ1n) is 10.0. The van der Waals surface area contributed by atoms with Crippen molar-refractivity contribution < 1.29 is 22.7 Å². The van der Waals surface area contributed by atoms with Crippen molar-refractivity contribution in [2.45, 2.75) is 23.7 Å². The van der Waals surface area contributed by atoms with E-state index in [1.54, 1.807) is 30.5 Å². The zero-order chi connectivity index (χ0) is 23.2. The number of hydrogen-bond acceptors (Lipinski definition) is 6. The molecule has 33 heavy (non-hydrogen) atoms. The molecule has 1 aliphatic carbocycles. The van der Waals surface area contributed by atoms with E-state index in [0.29, 0.717) is 16.0 Å². The zero-order valence-electron chi connectivity index (χ0n) is 17.0. The van der Waals surface area contributed by atoms with Crippen molar-refractivity contribution in [3.8, 4) is 20.9 Å². The Morgan fingerprint density at radius 2 is 1.88 bits per heavy atom. The van der Waals surface area contributed by atoms with Crippen molar-refractivity contribution in [1.29, 1.82) is 0 Å². The average Bonchev–Trinajstić information content (AvgIpc) is 3.30. The van der Waals surface area contributed by atoms with Crippen LogP contribution in [0.2, 0.25) is 0 Å². The summed E-state index contributed by atoms with van der Waals surface area (Å²) >= 11 is 2.19. The van der Waals surface area contributed by atoms with Gasteiger partial charge in [0, 0.05) is 16.6 Å². The van der Waals surface area contributed by atoms with E-state index in [2.05, 4.69) is 9.10 Å². The van der Waals surface area contributed by atoms with E-state index >= 15 is 0 Å². The molecule has 168 valence electrons. The Morgan fingerprint density at radius 3 is 2.52 bits per heavy atom. The predicted molar refractivity (Wildman–Crippen MR) is 127 cm³/mol.